The van der Waals surface area contributed by atoms with E-state index in [4.69, 9.17) is 4.74 Å². The molecule has 1 aliphatic carbocycles. The average molecular weight is 457 g/mol. The number of thioether (sulfide) groups is 1. The van der Waals surface area contributed by atoms with Crippen LogP contribution in [0.3, 0.4) is 0 Å². The maximum absolute atomic E-state index is 5.79. The number of nitrogens with one attached hydrogen (secondary N) is 2. The minimum absolute atomic E-state index is 0. The Balaban J connectivity index is 0.00000484. The fourth-order valence-corrected chi connectivity index (χ4v) is 4.14. The number of rotatable bonds is 9. The fourth-order valence-electron chi connectivity index (χ4n) is 3.00. The lowest BCUT2D eigenvalue weighted by molar-refractivity contribution is 0.0258. The number of halogens is 1. The van der Waals surface area contributed by atoms with Crippen LogP contribution in [0, 0.1) is 5.92 Å². The molecular formula is C17H36IN3OS. The normalized spacial score (nSPS) is 22.8. The van der Waals surface area contributed by atoms with Crippen molar-refractivity contribution in [3.8, 4) is 0 Å². The van der Waals surface area contributed by atoms with E-state index in [0.717, 1.165) is 30.8 Å². The molecule has 4 nitrogen and oxygen atoms in total. The zero-order valence-corrected chi connectivity index (χ0v) is 18.6. The molecule has 3 atom stereocenters. The quantitative estimate of drug-likeness (QED) is 0.313. The van der Waals surface area contributed by atoms with Gasteiger partial charge < -0.3 is 15.4 Å². The lowest BCUT2D eigenvalue weighted by Gasteiger charge is -2.22. The highest BCUT2D eigenvalue weighted by Crippen LogP contribution is 2.29. The number of hydrogen-bond donors (Lipinski definition) is 2. The molecule has 0 radical (unpaired) electrons. The lowest BCUT2D eigenvalue weighted by atomic mass is 10.0. The number of aliphatic imine (C=N–C) groups is 1. The van der Waals surface area contributed by atoms with E-state index in [1.165, 1.54) is 25.0 Å². The third-order valence-corrected chi connectivity index (χ3v) is 5.43. The summed E-state index contributed by atoms with van der Waals surface area (Å²) in [6.07, 6.45) is 5.18. The summed E-state index contributed by atoms with van der Waals surface area (Å²) in [5.74, 6) is 2.71. The monoisotopic (exact) mass is 457 g/mol. The number of hydrogen-bond acceptors (Lipinski definition) is 3. The summed E-state index contributed by atoms with van der Waals surface area (Å²) in [5.41, 5.74) is 0. The van der Waals surface area contributed by atoms with E-state index < -0.39 is 0 Å². The number of ether oxygens (including phenoxy) is 1. The summed E-state index contributed by atoms with van der Waals surface area (Å²) in [5, 5.41) is 7.84. The molecule has 6 heteroatoms. The van der Waals surface area contributed by atoms with Crippen molar-refractivity contribution in [1.29, 1.82) is 0 Å². The lowest BCUT2D eigenvalue weighted by Crippen LogP contribution is -2.43. The molecule has 0 aromatic carbocycles. The first kappa shape index (κ1) is 23.3. The van der Waals surface area contributed by atoms with Gasteiger partial charge >= 0.3 is 0 Å². The van der Waals surface area contributed by atoms with Crippen LogP contribution < -0.4 is 10.6 Å². The molecule has 0 aromatic rings. The molecule has 0 spiro atoms. The van der Waals surface area contributed by atoms with E-state index in [1.807, 2.05) is 7.05 Å². The van der Waals surface area contributed by atoms with Crippen LogP contribution in [-0.4, -0.2) is 49.3 Å². The topological polar surface area (TPSA) is 45.6 Å². The highest BCUT2D eigenvalue weighted by atomic mass is 127. The molecule has 0 amide bonds. The molecule has 0 aliphatic heterocycles. The largest absolute Gasteiger partial charge is 0.378 e. The smallest absolute Gasteiger partial charge is 0.191 e. The van der Waals surface area contributed by atoms with Gasteiger partial charge in [-0.25, -0.2) is 0 Å². The first-order valence-electron chi connectivity index (χ1n) is 8.81. The standard InChI is InChI=1S/C17H35N3OS.HI/c1-6-21-16(13(3)4)10-11-19-17(18-5)20-14-8-9-15(12-14)22-7-2;/h13-16H,6-12H2,1-5H3,(H2,18,19,20);1H. The van der Waals surface area contributed by atoms with Crippen molar-refractivity contribution in [3.63, 3.8) is 0 Å². The second-order valence-corrected chi connectivity index (χ2v) is 7.83. The molecule has 2 N–H and O–H groups in total. The van der Waals surface area contributed by atoms with Crippen LogP contribution in [0.5, 0.6) is 0 Å². The van der Waals surface area contributed by atoms with Crippen molar-refractivity contribution in [3.05, 3.63) is 0 Å². The summed E-state index contributed by atoms with van der Waals surface area (Å²) in [7, 11) is 1.85. The van der Waals surface area contributed by atoms with Gasteiger partial charge in [-0.15, -0.1) is 24.0 Å². The van der Waals surface area contributed by atoms with Gasteiger partial charge in [0.05, 0.1) is 6.10 Å². The van der Waals surface area contributed by atoms with E-state index in [0.29, 0.717) is 18.1 Å². The second-order valence-electron chi connectivity index (χ2n) is 6.26. The van der Waals surface area contributed by atoms with Gasteiger partial charge in [0, 0.05) is 31.5 Å². The molecule has 138 valence electrons. The van der Waals surface area contributed by atoms with Crippen LogP contribution >= 0.6 is 35.7 Å². The third-order valence-electron chi connectivity index (χ3n) is 4.20. The van der Waals surface area contributed by atoms with Crippen LogP contribution in [-0.2, 0) is 4.74 Å². The Hall–Kier alpha value is 0.310. The van der Waals surface area contributed by atoms with Gasteiger partial charge in [0.1, 0.15) is 0 Å². The SMILES string of the molecule is CCOC(CCNC(=NC)NC1CCC(SCC)C1)C(C)C.I. The van der Waals surface area contributed by atoms with Gasteiger partial charge in [-0.05, 0) is 44.3 Å². The summed E-state index contributed by atoms with van der Waals surface area (Å²) in [6.45, 7) is 10.4. The van der Waals surface area contributed by atoms with Crippen molar-refractivity contribution in [1.82, 2.24) is 10.6 Å². The van der Waals surface area contributed by atoms with E-state index in [1.54, 1.807) is 0 Å². The molecule has 1 rings (SSSR count). The van der Waals surface area contributed by atoms with Gasteiger partial charge in [-0.2, -0.15) is 11.8 Å². The third kappa shape index (κ3) is 9.39. The molecule has 0 heterocycles. The molecule has 1 fully saturated rings. The molecule has 0 saturated heterocycles. The molecule has 0 bridgehead atoms. The van der Waals surface area contributed by atoms with Crippen LogP contribution in [0.15, 0.2) is 4.99 Å². The Morgan fingerprint density at radius 1 is 1.30 bits per heavy atom. The van der Waals surface area contributed by atoms with E-state index in [9.17, 15) is 0 Å². The second kappa shape index (κ2) is 13.6. The van der Waals surface area contributed by atoms with E-state index in [-0.39, 0.29) is 24.0 Å². The Morgan fingerprint density at radius 3 is 2.61 bits per heavy atom. The molecule has 3 unspecified atom stereocenters. The Bertz CT molecular complexity index is 329. The van der Waals surface area contributed by atoms with Gasteiger partial charge in [-0.1, -0.05) is 20.8 Å². The van der Waals surface area contributed by atoms with Crippen LogP contribution in [0.4, 0.5) is 0 Å². The van der Waals surface area contributed by atoms with Crippen molar-refractivity contribution in [2.24, 2.45) is 10.9 Å². The minimum Gasteiger partial charge on any atom is -0.378 e. The van der Waals surface area contributed by atoms with E-state index in [2.05, 4.69) is 55.1 Å². The zero-order chi connectivity index (χ0) is 16.4. The Kier molecular flexibility index (Phi) is 13.8. The minimum atomic E-state index is 0. The van der Waals surface area contributed by atoms with Gasteiger partial charge in [-0.3, -0.25) is 4.99 Å². The highest BCUT2D eigenvalue weighted by molar-refractivity contribution is 14.0. The van der Waals surface area contributed by atoms with Crippen LogP contribution in [0.1, 0.15) is 53.4 Å². The first-order valence-corrected chi connectivity index (χ1v) is 9.85. The van der Waals surface area contributed by atoms with Crippen molar-refractivity contribution in [2.75, 3.05) is 26.0 Å². The number of guanidine groups is 1. The summed E-state index contributed by atoms with van der Waals surface area (Å²) in [4.78, 5) is 4.36. The average Bonchev–Trinajstić information content (AvgIpc) is 2.92. The molecule has 1 aliphatic rings. The predicted molar refractivity (Wildman–Crippen MR) is 114 cm³/mol. The maximum atomic E-state index is 5.79. The Morgan fingerprint density at radius 2 is 2.04 bits per heavy atom. The van der Waals surface area contributed by atoms with Crippen LogP contribution in [0.2, 0.25) is 0 Å². The van der Waals surface area contributed by atoms with Gasteiger partial charge in [0.15, 0.2) is 5.96 Å². The van der Waals surface area contributed by atoms with Gasteiger partial charge in [0.2, 0.25) is 0 Å². The van der Waals surface area contributed by atoms with Crippen molar-refractivity contribution < 1.29 is 4.74 Å². The summed E-state index contributed by atoms with van der Waals surface area (Å²) in [6, 6.07) is 0.572. The van der Waals surface area contributed by atoms with E-state index >= 15 is 0 Å². The van der Waals surface area contributed by atoms with Crippen molar-refractivity contribution in [2.45, 2.75) is 70.8 Å². The number of nitrogens with zero attached hydrogens (tertiary/aromatic N) is 1. The first-order chi connectivity index (χ1) is 10.6. The maximum Gasteiger partial charge on any atom is 0.191 e. The highest BCUT2D eigenvalue weighted by Gasteiger charge is 2.25. The molecule has 23 heavy (non-hydrogen) atoms. The molecular weight excluding hydrogens is 421 g/mol. The van der Waals surface area contributed by atoms with Gasteiger partial charge in [0.25, 0.3) is 0 Å². The summed E-state index contributed by atoms with van der Waals surface area (Å²) < 4.78 is 5.79. The Labute approximate surface area is 164 Å². The molecule has 1 saturated carbocycles. The zero-order valence-electron chi connectivity index (χ0n) is 15.4. The van der Waals surface area contributed by atoms with Crippen LogP contribution in [0.25, 0.3) is 0 Å². The fraction of sp³-hybridized carbons (Fsp3) is 0.941. The predicted octanol–water partition coefficient (Wildman–Crippen LogP) is 3.89. The summed E-state index contributed by atoms with van der Waals surface area (Å²) >= 11 is 2.09. The molecule has 0 aromatic heterocycles. The van der Waals surface area contributed by atoms with Crippen molar-refractivity contribution >= 4 is 41.7 Å².